The molecule has 1 aliphatic heterocycles. The van der Waals surface area contributed by atoms with E-state index in [1.165, 1.54) is 0 Å². The Balaban J connectivity index is 1.81. The van der Waals surface area contributed by atoms with E-state index in [-0.39, 0.29) is 24.6 Å². The van der Waals surface area contributed by atoms with Gasteiger partial charge in [-0.15, -0.1) is 0 Å². The number of rotatable bonds is 4. The second kappa shape index (κ2) is 7.56. The smallest absolute Gasteiger partial charge is 0.115 e. The highest BCUT2D eigenvalue weighted by Crippen LogP contribution is 2.36. The Morgan fingerprint density at radius 2 is 1.88 bits per heavy atom. The molecule has 1 saturated heterocycles. The van der Waals surface area contributed by atoms with Gasteiger partial charge in [0, 0.05) is 5.02 Å². The first-order valence-electron chi connectivity index (χ1n) is 8.37. The van der Waals surface area contributed by atoms with Crippen LogP contribution in [-0.2, 0) is 11.2 Å². The Morgan fingerprint density at radius 3 is 2.58 bits per heavy atom. The van der Waals surface area contributed by atoms with E-state index in [0.717, 1.165) is 34.6 Å². The number of aliphatic hydroxyl groups is 1. The number of benzene rings is 2. The molecule has 3 rings (SSSR count). The minimum atomic E-state index is -0.0880. The highest BCUT2D eigenvalue weighted by atomic mass is 35.5. The average molecular weight is 347 g/mol. The molecule has 1 heterocycles. The van der Waals surface area contributed by atoms with Crippen molar-refractivity contribution in [3.05, 3.63) is 64.2 Å². The number of halogens is 1. The Kier molecular flexibility index (Phi) is 5.44. The van der Waals surface area contributed by atoms with Crippen molar-refractivity contribution in [2.24, 2.45) is 5.92 Å². The molecular weight excluding hydrogens is 324 g/mol. The fourth-order valence-electron chi connectivity index (χ4n) is 3.35. The first kappa shape index (κ1) is 17.3. The maximum Gasteiger partial charge on any atom is 0.115 e. The maximum absolute atomic E-state index is 9.42. The summed E-state index contributed by atoms with van der Waals surface area (Å²) in [6.07, 6.45) is 2.48. The first-order valence-corrected chi connectivity index (χ1v) is 8.75. The number of ether oxygens (including phenoxy) is 1. The third kappa shape index (κ3) is 4.10. The van der Waals surface area contributed by atoms with Crippen molar-refractivity contribution in [3.63, 3.8) is 0 Å². The van der Waals surface area contributed by atoms with Gasteiger partial charge in [-0.3, -0.25) is 0 Å². The van der Waals surface area contributed by atoms with Crippen molar-refractivity contribution in [1.82, 2.24) is 0 Å². The normalized spacial score (nSPS) is 24.0. The third-order valence-corrected chi connectivity index (χ3v) is 4.98. The molecule has 0 saturated carbocycles. The zero-order valence-electron chi connectivity index (χ0n) is 13.8. The summed E-state index contributed by atoms with van der Waals surface area (Å²) in [5, 5.41) is 19.6. The Morgan fingerprint density at radius 1 is 1.12 bits per heavy atom. The summed E-state index contributed by atoms with van der Waals surface area (Å²) in [5.74, 6) is 0.787. The number of phenols is 1. The SMILES string of the molecule is C[C@H]1C[C@@H](CO)O[C@@H](c2ccc(Cl)c(Cc3ccc(O)cc3)c2)C1. The van der Waals surface area contributed by atoms with Gasteiger partial charge >= 0.3 is 0 Å². The van der Waals surface area contributed by atoms with Crippen LogP contribution in [-0.4, -0.2) is 22.9 Å². The molecule has 0 amide bonds. The van der Waals surface area contributed by atoms with Crippen LogP contribution in [0.3, 0.4) is 0 Å². The number of hydrogen-bond donors (Lipinski definition) is 2. The molecule has 1 fully saturated rings. The highest BCUT2D eigenvalue weighted by Gasteiger charge is 2.28. The van der Waals surface area contributed by atoms with Crippen molar-refractivity contribution < 1.29 is 14.9 Å². The van der Waals surface area contributed by atoms with Gasteiger partial charge in [0.15, 0.2) is 0 Å². The molecule has 4 heteroatoms. The summed E-state index contributed by atoms with van der Waals surface area (Å²) in [6, 6.07) is 13.2. The summed E-state index contributed by atoms with van der Waals surface area (Å²) in [7, 11) is 0. The van der Waals surface area contributed by atoms with E-state index in [1.807, 2.05) is 24.3 Å². The summed E-state index contributed by atoms with van der Waals surface area (Å²) >= 11 is 6.37. The summed E-state index contributed by atoms with van der Waals surface area (Å²) < 4.78 is 6.03. The maximum atomic E-state index is 9.42. The monoisotopic (exact) mass is 346 g/mol. The van der Waals surface area contributed by atoms with Crippen molar-refractivity contribution in [2.75, 3.05) is 6.61 Å². The Hall–Kier alpha value is -1.55. The largest absolute Gasteiger partial charge is 0.508 e. The molecule has 0 spiro atoms. The van der Waals surface area contributed by atoms with E-state index in [9.17, 15) is 10.2 Å². The van der Waals surface area contributed by atoms with Crippen LogP contribution < -0.4 is 0 Å². The second-order valence-corrected chi connectivity index (χ2v) is 7.11. The molecule has 0 bridgehead atoms. The minimum absolute atomic E-state index is 0.00161. The van der Waals surface area contributed by atoms with Crippen molar-refractivity contribution in [2.45, 2.75) is 38.4 Å². The van der Waals surface area contributed by atoms with Gasteiger partial charge in [-0.05, 0) is 60.1 Å². The number of phenolic OH excluding ortho intramolecular Hbond substituents is 1. The van der Waals surface area contributed by atoms with Gasteiger partial charge in [-0.1, -0.05) is 42.8 Å². The van der Waals surface area contributed by atoms with Gasteiger partial charge in [0.05, 0.1) is 18.8 Å². The lowest BCUT2D eigenvalue weighted by molar-refractivity contribution is -0.0900. The molecule has 2 aromatic carbocycles. The fourth-order valence-corrected chi connectivity index (χ4v) is 3.53. The Bertz CT molecular complexity index is 684. The predicted molar refractivity (Wildman–Crippen MR) is 95.5 cm³/mol. The van der Waals surface area contributed by atoms with Crippen LogP contribution in [0.4, 0.5) is 0 Å². The predicted octanol–water partition coefficient (Wildman–Crippen LogP) is 4.48. The van der Waals surface area contributed by atoms with Gasteiger partial charge < -0.3 is 14.9 Å². The van der Waals surface area contributed by atoms with Gasteiger partial charge in [0.25, 0.3) is 0 Å². The number of aromatic hydroxyl groups is 1. The molecule has 2 aromatic rings. The molecule has 0 unspecified atom stereocenters. The topological polar surface area (TPSA) is 49.7 Å². The highest BCUT2D eigenvalue weighted by molar-refractivity contribution is 6.31. The van der Waals surface area contributed by atoms with Gasteiger partial charge in [0.1, 0.15) is 5.75 Å². The first-order chi connectivity index (χ1) is 11.5. The lowest BCUT2D eigenvalue weighted by Gasteiger charge is -2.33. The lowest BCUT2D eigenvalue weighted by Crippen LogP contribution is -2.29. The van der Waals surface area contributed by atoms with E-state index in [4.69, 9.17) is 16.3 Å². The van der Waals surface area contributed by atoms with E-state index in [0.29, 0.717) is 12.3 Å². The standard InChI is InChI=1S/C20H23ClO3/c1-13-8-18(12-22)24-20(9-13)15-4-7-19(21)16(11-15)10-14-2-5-17(23)6-3-14/h2-7,11,13,18,20,22-23H,8-10,12H2,1H3/t13-,18-,20+/m0/s1. The zero-order valence-corrected chi connectivity index (χ0v) is 14.5. The van der Waals surface area contributed by atoms with Crippen LogP contribution >= 0.6 is 11.6 Å². The Labute approximate surface area is 147 Å². The molecule has 1 aliphatic rings. The summed E-state index contributed by atoms with van der Waals surface area (Å²) in [4.78, 5) is 0. The van der Waals surface area contributed by atoms with Gasteiger partial charge in [-0.2, -0.15) is 0 Å². The van der Waals surface area contributed by atoms with Crippen LogP contribution in [0.15, 0.2) is 42.5 Å². The molecular formula is C20H23ClO3. The van der Waals surface area contributed by atoms with Crippen molar-refractivity contribution in [1.29, 1.82) is 0 Å². The van der Waals surface area contributed by atoms with Crippen LogP contribution in [0.5, 0.6) is 5.75 Å². The summed E-state index contributed by atoms with van der Waals surface area (Å²) in [5.41, 5.74) is 3.25. The number of hydrogen-bond acceptors (Lipinski definition) is 3. The molecule has 3 nitrogen and oxygen atoms in total. The minimum Gasteiger partial charge on any atom is -0.508 e. The third-order valence-electron chi connectivity index (χ3n) is 4.61. The lowest BCUT2D eigenvalue weighted by atomic mass is 9.89. The molecule has 24 heavy (non-hydrogen) atoms. The molecule has 0 radical (unpaired) electrons. The molecule has 0 aliphatic carbocycles. The summed E-state index contributed by atoms with van der Waals surface area (Å²) in [6.45, 7) is 2.26. The second-order valence-electron chi connectivity index (χ2n) is 6.70. The van der Waals surface area contributed by atoms with Crippen LogP contribution in [0.25, 0.3) is 0 Å². The average Bonchev–Trinajstić information content (AvgIpc) is 2.58. The van der Waals surface area contributed by atoms with Crippen LogP contribution in [0.1, 0.15) is 42.6 Å². The van der Waals surface area contributed by atoms with E-state index in [1.54, 1.807) is 12.1 Å². The van der Waals surface area contributed by atoms with Crippen molar-refractivity contribution >= 4 is 11.6 Å². The van der Waals surface area contributed by atoms with E-state index >= 15 is 0 Å². The quantitative estimate of drug-likeness (QED) is 0.857. The van der Waals surface area contributed by atoms with Crippen molar-refractivity contribution in [3.8, 4) is 5.75 Å². The number of aliphatic hydroxyl groups excluding tert-OH is 1. The molecule has 3 atom stereocenters. The molecule has 2 N–H and O–H groups in total. The van der Waals surface area contributed by atoms with Gasteiger partial charge in [-0.25, -0.2) is 0 Å². The van der Waals surface area contributed by atoms with Crippen LogP contribution in [0.2, 0.25) is 5.02 Å². The molecule has 0 aromatic heterocycles. The fraction of sp³-hybridized carbons (Fsp3) is 0.400. The van der Waals surface area contributed by atoms with E-state index < -0.39 is 0 Å². The van der Waals surface area contributed by atoms with Crippen LogP contribution in [0, 0.1) is 5.92 Å². The zero-order chi connectivity index (χ0) is 17.1. The molecule has 128 valence electrons. The van der Waals surface area contributed by atoms with E-state index in [2.05, 4.69) is 13.0 Å². The van der Waals surface area contributed by atoms with Gasteiger partial charge in [0.2, 0.25) is 0 Å².